The van der Waals surface area contributed by atoms with Crippen LogP contribution in [0.15, 0.2) is 59.1 Å². The summed E-state index contributed by atoms with van der Waals surface area (Å²) in [7, 11) is 0. The van der Waals surface area contributed by atoms with Crippen LogP contribution in [0.4, 0.5) is 4.39 Å². The molecule has 0 aliphatic carbocycles. The number of hydrogen-bond donors (Lipinski definition) is 1. The third-order valence-electron chi connectivity index (χ3n) is 4.87. The number of benzene rings is 2. The maximum absolute atomic E-state index is 13.6. The predicted molar refractivity (Wildman–Crippen MR) is 101 cm³/mol. The first kappa shape index (κ1) is 18.1. The molecule has 27 heavy (non-hydrogen) atoms. The molecule has 4 rings (SSSR count). The lowest BCUT2D eigenvalue weighted by molar-refractivity contribution is -0.149. The number of nitriles is 1. The summed E-state index contributed by atoms with van der Waals surface area (Å²) in [6.07, 6.45) is -0.00763. The molecule has 4 nitrogen and oxygen atoms in total. The van der Waals surface area contributed by atoms with Crippen LogP contribution in [0.5, 0.6) is 0 Å². The molecule has 2 atom stereocenters. The van der Waals surface area contributed by atoms with E-state index in [-0.39, 0.29) is 18.1 Å². The van der Waals surface area contributed by atoms with Crippen molar-refractivity contribution in [1.82, 2.24) is 4.90 Å². The van der Waals surface area contributed by atoms with E-state index in [0.29, 0.717) is 26.8 Å². The van der Waals surface area contributed by atoms with E-state index < -0.39 is 17.5 Å². The monoisotopic (exact) mass is 400 g/mol. The van der Waals surface area contributed by atoms with Crippen molar-refractivity contribution in [2.45, 2.75) is 18.1 Å². The second-order valence-corrected chi connectivity index (χ2v) is 7.88. The molecule has 7 heteroatoms. The van der Waals surface area contributed by atoms with Crippen LogP contribution in [0, 0.1) is 17.1 Å². The molecule has 136 valence electrons. The topological polar surface area (TPSA) is 64.3 Å². The molecule has 2 aromatic carbocycles. The average Bonchev–Trinajstić information content (AvgIpc) is 3.01. The van der Waals surface area contributed by atoms with Crippen molar-refractivity contribution in [3.63, 3.8) is 0 Å². The van der Waals surface area contributed by atoms with Gasteiger partial charge in [0, 0.05) is 22.9 Å². The molecule has 1 fully saturated rings. The van der Waals surface area contributed by atoms with Crippen LogP contribution in [-0.4, -0.2) is 21.7 Å². The summed E-state index contributed by atoms with van der Waals surface area (Å²) < 4.78 is 13.6. The number of hydrogen-bond acceptors (Lipinski definition) is 4. The Hall–Kier alpha value is -2.33. The number of aliphatic hydroxyl groups is 1. The highest BCUT2D eigenvalue weighted by molar-refractivity contribution is 8.03. The Kier molecular flexibility index (Phi) is 4.47. The van der Waals surface area contributed by atoms with Crippen LogP contribution >= 0.6 is 23.4 Å². The second-order valence-electron chi connectivity index (χ2n) is 6.48. The quantitative estimate of drug-likeness (QED) is 0.823. The number of rotatable bonds is 2. The number of nitrogens with zero attached hydrogens (tertiary/aromatic N) is 2. The van der Waals surface area contributed by atoms with E-state index in [9.17, 15) is 19.6 Å². The van der Waals surface area contributed by atoms with E-state index in [1.807, 2.05) is 0 Å². The summed E-state index contributed by atoms with van der Waals surface area (Å²) >= 11 is 7.18. The standard InChI is InChI=1S/C20H14ClFN2O2S/c21-14-6-4-13(5-7-14)20(26)11-27-19-17(10-23)16(9-18(25)24(19)20)12-2-1-3-15(22)8-12/h1-8,16,26H,9,11H2/t16-,20+/m1/s1. The van der Waals surface area contributed by atoms with E-state index >= 15 is 0 Å². The zero-order chi connectivity index (χ0) is 19.2. The molecule has 0 radical (unpaired) electrons. The van der Waals surface area contributed by atoms with Gasteiger partial charge in [-0.25, -0.2) is 4.39 Å². The molecule has 2 aromatic rings. The first-order valence-electron chi connectivity index (χ1n) is 8.28. The Labute approximate surface area is 164 Å². The Balaban J connectivity index is 1.81. The fourth-order valence-electron chi connectivity index (χ4n) is 3.56. The van der Waals surface area contributed by atoms with Crippen molar-refractivity contribution in [3.05, 3.63) is 81.1 Å². The van der Waals surface area contributed by atoms with E-state index in [1.165, 1.54) is 28.8 Å². The molecule has 0 bridgehead atoms. The molecular formula is C20H14ClFN2O2S. The van der Waals surface area contributed by atoms with Gasteiger partial charge >= 0.3 is 0 Å². The Morgan fingerprint density at radius 1 is 1.30 bits per heavy atom. The number of thioether (sulfide) groups is 1. The maximum atomic E-state index is 13.6. The SMILES string of the molecule is N#CC1=C2SC[C@](O)(c3ccc(Cl)cc3)N2C(=O)C[C@@H]1c1cccc(F)c1. The lowest BCUT2D eigenvalue weighted by Crippen LogP contribution is -2.48. The molecule has 0 saturated carbocycles. The molecule has 2 aliphatic heterocycles. The summed E-state index contributed by atoms with van der Waals surface area (Å²) in [5.41, 5.74) is -0.0645. The van der Waals surface area contributed by atoms with Crippen molar-refractivity contribution in [1.29, 1.82) is 5.26 Å². The van der Waals surface area contributed by atoms with Crippen LogP contribution < -0.4 is 0 Å². The van der Waals surface area contributed by atoms with Gasteiger partial charge in [0.15, 0.2) is 5.72 Å². The third kappa shape index (κ3) is 2.92. The van der Waals surface area contributed by atoms with Gasteiger partial charge in [0.25, 0.3) is 0 Å². The van der Waals surface area contributed by atoms with Gasteiger partial charge < -0.3 is 5.11 Å². The molecule has 2 heterocycles. The molecule has 1 saturated heterocycles. The molecule has 1 amide bonds. The first-order chi connectivity index (χ1) is 12.9. The van der Waals surface area contributed by atoms with Gasteiger partial charge in [-0.05, 0) is 29.8 Å². The van der Waals surface area contributed by atoms with E-state index in [2.05, 4.69) is 6.07 Å². The fraction of sp³-hybridized carbons (Fsp3) is 0.200. The number of carbonyl (C=O) groups is 1. The highest BCUT2D eigenvalue weighted by atomic mass is 35.5. The number of allylic oxidation sites excluding steroid dienone is 1. The van der Waals surface area contributed by atoms with Crippen LogP contribution in [0.3, 0.4) is 0 Å². The molecular weight excluding hydrogens is 387 g/mol. The zero-order valence-electron chi connectivity index (χ0n) is 14.0. The fourth-order valence-corrected chi connectivity index (χ4v) is 5.05. The van der Waals surface area contributed by atoms with Crippen LogP contribution in [0.25, 0.3) is 0 Å². The number of halogens is 2. The first-order valence-corrected chi connectivity index (χ1v) is 9.64. The van der Waals surface area contributed by atoms with Gasteiger partial charge in [0.05, 0.1) is 22.4 Å². The largest absolute Gasteiger partial charge is 0.366 e. The number of amides is 1. The lowest BCUT2D eigenvalue weighted by atomic mass is 9.85. The van der Waals surface area contributed by atoms with E-state index in [4.69, 9.17) is 11.6 Å². The smallest absolute Gasteiger partial charge is 0.231 e. The summed E-state index contributed by atoms with van der Waals surface area (Å²) in [4.78, 5) is 14.3. The number of carbonyl (C=O) groups excluding carboxylic acids is 1. The minimum atomic E-state index is -1.54. The van der Waals surface area contributed by atoms with Crippen LogP contribution in [-0.2, 0) is 10.5 Å². The van der Waals surface area contributed by atoms with Crippen LogP contribution in [0.1, 0.15) is 23.5 Å². The third-order valence-corrected chi connectivity index (χ3v) is 6.34. The predicted octanol–water partition coefficient (Wildman–Crippen LogP) is 4.12. The Morgan fingerprint density at radius 3 is 2.70 bits per heavy atom. The van der Waals surface area contributed by atoms with Gasteiger partial charge in [0.1, 0.15) is 5.82 Å². The van der Waals surface area contributed by atoms with E-state index in [1.54, 1.807) is 36.4 Å². The second kappa shape index (κ2) is 6.68. The van der Waals surface area contributed by atoms with Crippen LogP contribution in [0.2, 0.25) is 5.02 Å². The van der Waals surface area contributed by atoms with E-state index in [0.717, 1.165) is 0 Å². The summed E-state index contributed by atoms with van der Waals surface area (Å²) in [6, 6.07) is 14.7. The van der Waals surface area contributed by atoms with Gasteiger partial charge in [-0.2, -0.15) is 5.26 Å². The molecule has 0 spiro atoms. The van der Waals surface area contributed by atoms with Crippen molar-refractivity contribution in [2.24, 2.45) is 0 Å². The zero-order valence-corrected chi connectivity index (χ0v) is 15.6. The van der Waals surface area contributed by atoms with Crippen molar-refractivity contribution >= 4 is 29.3 Å². The minimum absolute atomic E-state index is 0.00763. The van der Waals surface area contributed by atoms with Gasteiger partial charge in [-0.15, -0.1) is 11.8 Å². The average molecular weight is 401 g/mol. The summed E-state index contributed by atoms with van der Waals surface area (Å²) in [6.45, 7) is 0. The molecule has 2 aliphatic rings. The van der Waals surface area contributed by atoms with Gasteiger partial charge in [0.2, 0.25) is 5.91 Å². The highest BCUT2D eigenvalue weighted by Crippen LogP contribution is 2.51. The normalized spacial score (nSPS) is 24.7. The minimum Gasteiger partial charge on any atom is -0.366 e. The molecule has 0 aromatic heterocycles. The van der Waals surface area contributed by atoms with Crippen molar-refractivity contribution < 1.29 is 14.3 Å². The van der Waals surface area contributed by atoms with Gasteiger partial charge in [-0.3, -0.25) is 9.69 Å². The summed E-state index contributed by atoms with van der Waals surface area (Å²) in [5, 5.41) is 22.0. The highest BCUT2D eigenvalue weighted by Gasteiger charge is 2.51. The molecule has 1 N–H and O–H groups in total. The molecule has 0 unspecified atom stereocenters. The number of fused-ring (bicyclic) bond motifs is 1. The van der Waals surface area contributed by atoms with Crippen molar-refractivity contribution in [2.75, 3.05) is 5.75 Å². The summed E-state index contributed by atoms with van der Waals surface area (Å²) in [5.74, 6) is -1.04. The Morgan fingerprint density at radius 2 is 2.04 bits per heavy atom. The van der Waals surface area contributed by atoms with Crippen molar-refractivity contribution in [3.8, 4) is 6.07 Å². The Bertz CT molecular complexity index is 1000. The maximum Gasteiger partial charge on any atom is 0.231 e. The lowest BCUT2D eigenvalue weighted by Gasteiger charge is -2.38. The van der Waals surface area contributed by atoms with Gasteiger partial charge in [-0.1, -0.05) is 35.9 Å².